The van der Waals surface area contributed by atoms with Crippen molar-refractivity contribution in [2.75, 3.05) is 12.9 Å². The first kappa shape index (κ1) is 14.3. The van der Waals surface area contributed by atoms with E-state index in [-0.39, 0.29) is 10.5 Å². The van der Waals surface area contributed by atoms with Crippen LogP contribution < -0.4 is 0 Å². The van der Waals surface area contributed by atoms with E-state index in [4.69, 9.17) is 5.11 Å². The molecule has 1 atom stereocenters. The van der Waals surface area contributed by atoms with Crippen molar-refractivity contribution in [3.05, 3.63) is 0 Å². The summed E-state index contributed by atoms with van der Waals surface area (Å²) in [5, 5.41) is 9.02. The van der Waals surface area contributed by atoms with Crippen LogP contribution in [0.2, 0.25) is 0 Å². The number of carbonyl (C=O) groups is 2. The molecule has 0 heterocycles. The van der Waals surface area contributed by atoms with E-state index in [9.17, 15) is 9.59 Å². The molecule has 0 aliphatic heterocycles. The molecule has 1 N–H and O–H groups in total. The van der Waals surface area contributed by atoms with Crippen molar-refractivity contribution in [2.45, 2.75) is 32.4 Å². The molecule has 0 spiro atoms. The second-order valence-corrected chi connectivity index (χ2v) is 6.33. The molecule has 88 valence electrons. The number of methoxy groups -OCH3 is 1. The van der Waals surface area contributed by atoms with E-state index in [1.54, 1.807) is 0 Å². The van der Waals surface area contributed by atoms with Crippen LogP contribution in [0.5, 0.6) is 0 Å². The smallest absolute Gasteiger partial charge is 0.323 e. The normalized spacial score (nSPS) is 15.5. The molecule has 0 aliphatic rings. The fraction of sp³-hybridized carbons (Fsp3) is 0.800. The predicted molar refractivity (Wildman–Crippen MR) is 60.0 cm³/mol. The van der Waals surface area contributed by atoms with Gasteiger partial charge >= 0.3 is 11.9 Å². The van der Waals surface area contributed by atoms with Crippen LogP contribution in [-0.2, 0) is 14.3 Å². The van der Waals surface area contributed by atoms with Crippen molar-refractivity contribution in [1.82, 2.24) is 0 Å². The summed E-state index contributed by atoms with van der Waals surface area (Å²) in [5.74, 6) is -1.64. The minimum Gasteiger partial charge on any atom is -0.480 e. The average molecular weight is 234 g/mol. The predicted octanol–water partition coefficient (Wildman–Crippen LogP) is 1.78. The lowest BCUT2D eigenvalue weighted by molar-refractivity contribution is -0.163. The molecule has 0 unspecified atom stereocenters. The number of carbonyl (C=O) groups excluding carboxylic acids is 1. The van der Waals surface area contributed by atoms with Gasteiger partial charge in [-0.25, -0.2) is 0 Å². The number of carboxylic acids is 1. The Morgan fingerprint density at radius 1 is 1.27 bits per heavy atom. The molecule has 0 saturated carbocycles. The molecular weight excluding hydrogens is 216 g/mol. The van der Waals surface area contributed by atoms with Crippen molar-refractivity contribution in [1.29, 1.82) is 0 Å². The van der Waals surface area contributed by atoms with E-state index >= 15 is 0 Å². The summed E-state index contributed by atoms with van der Waals surface area (Å²) in [4.78, 5) is 22.4. The van der Waals surface area contributed by atoms with Gasteiger partial charge in [0.05, 0.1) is 7.11 Å². The van der Waals surface area contributed by atoms with Crippen LogP contribution in [-0.4, -0.2) is 34.7 Å². The van der Waals surface area contributed by atoms with E-state index in [1.165, 1.54) is 25.8 Å². The second kappa shape index (κ2) is 4.88. The highest BCUT2D eigenvalue weighted by Crippen LogP contribution is 2.32. The summed E-state index contributed by atoms with van der Waals surface area (Å²) in [6.45, 7) is 7.30. The highest BCUT2D eigenvalue weighted by Gasteiger charge is 2.43. The maximum Gasteiger partial charge on any atom is 0.323 e. The Bertz CT molecular complexity index is 257. The van der Waals surface area contributed by atoms with E-state index in [2.05, 4.69) is 4.74 Å². The number of thioether (sulfide) groups is 1. The summed E-state index contributed by atoms with van der Waals surface area (Å²) in [5.41, 5.74) is -1.47. The summed E-state index contributed by atoms with van der Waals surface area (Å²) >= 11 is 1.43. The minimum atomic E-state index is -1.47. The van der Waals surface area contributed by atoms with Crippen LogP contribution in [0.4, 0.5) is 0 Å². The highest BCUT2D eigenvalue weighted by atomic mass is 32.2. The third-order valence-corrected chi connectivity index (χ3v) is 3.49. The summed E-state index contributed by atoms with van der Waals surface area (Å²) < 4.78 is 4.43. The Morgan fingerprint density at radius 2 is 1.73 bits per heavy atom. The SMILES string of the molecule is COC(=O)[C@](C)(CSC(C)(C)C)C(=O)O. The minimum absolute atomic E-state index is 0.0786. The molecule has 0 radical (unpaired) electrons. The first-order valence-electron chi connectivity index (χ1n) is 4.59. The Labute approximate surface area is 94.4 Å². The molecule has 4 nitrogen and oxygen atoms in total. The number of aliphatic carboxylic acids is 1. The largest absolute Gasteiger partial charge is 0.480 e. The van der Waals surface area contributed by atoms with Crippen LogP contribution in [0.1, 0.15) is 27.7 Å². The Morgan fingerprint density at radius 3 is 2.00 bits per heavy atom. The molecule has 15 heavy (non-hydrogen) atoms. The van der Waals surface area contributed by atoms with Gasteiger partial charge in [0, 0.05) is 10.5 Å². The van der Waals surface area contributed by atoms with Crippen molar-refractivity contribution < 1.29 is 19.4 Å². The standard InChI is InChI=1S/C10H18O4S/c1-9(2,3)15-6-10(4,7(11)12)8(13)14-5/h6H2,1-5H3,(H,11,12)/t10-/m1/s1. The number of carboxylic acid groups (broad SMARTS) is 1. The van der Waals surface area contributed by atoms with E-state index < -0.39 is 17.4 Å². The van der Waals surface area contributed by atoms with Crippen LogP contribution in [0.15, 0.2) is 0 Å². The van der Waals surface area contributed by atoms with Gasteiger partial charge in [0.25, 0.3) is 0 Å². The molecule has 0 aromatic carbocycles. The van der Waals surface area contributed by atoms with Crippen LogP contribution in [0, 0.1) is 5.41 Å². The molecular formula is C10H18O4S. The first-order valence-corrected chi connectivity index (χ1v) is 5.58. The van der Waals surface area contributed by atoms with Crippen LogP contribution in [0.3, 0.4) is 0 Å². The first-order chi connectivity index (χ1) is 6.63. The Hall–Kier alpha value is -0.710. The van der Waals surface area contributed by atoms with E-state index in [0.717, 1.165) is 0 Å². The quantitative estimate of drug-likeness (QED) is 0.593. The number of esters is 1. The van der Waals surface area contributed by atoms with Gasteiger partial charge < -0.3 is 9.84 Å². The fourth-order valence-corrected chi connectivity index (χ4v) is 1.76. The van der Waals surface area contributed by atoms with E-state index in [1.807, 2.05) is 20.8 Å². The van der Waals surface area contributed by atoms with Gasteiger partial charge in [0.2, 0.25) is 0 Å². The van der Waals surface area contributed by atoms with Crippen LogP contribution in [0.25, 0.3) is 0 Å². The molecule has 0 rings (SSSR count). The number of hydrogen-bond donors (Lipinski definition) is 1. The lowest BCUT2D eigenvalue weighted by Crippen LogP contribution is -2.40. The van der Waals surface area contributed by atoms with Gasteiger partial charge in [-0.15, -0.1) is 0 Å². The second-order valence-electron chi connectivity index (χ2n) is 4.53. The zero-order chi connectivity index (χ0) is 12.3. The Balaban J connectivity index is 4.68. The van der Waals surface area contributed by atoms with Gasteiger partial charge in [-0.1, -0.05) is 20.8 Å². The summed E-state index contributed by atoms with van der Waals surface area (Å²) in [6.07, 6.45) is 0. The maximum atomic E-state index is 11.4. The zero-order valence-corrected chi connectivity index (χ0v) is 10.6. The third kappa shape index (κ3) is 4.11. The third-order valence-electron chi connectivity index (χ3n) is 1.90. The Kier molecular flexibility index (Phi) is 4.65. The average Bonchev–Trinajstić information content (AvgIpc) is 2.11. The van der Waals surface area contributed by atoms with Gasteiger partial charge in [-0.3, -0.25) is 9.59 Å². The fourth-order valence-electron chi connectivity index (χ4n) is 0.794. The zero-order valence-electron chi connectivity index (χ0n) is 9.79. The lowest BCUT2D eigenvalue weighted by atomic mass is 9.94. The van der Waals surface area contributed by atoms with Gasteiger partial charge in [0.15, 0.2) is 5.41 Å². The lowest BCUT2D eigenvalue weighted by Gasteiger charge is -2.26. The summed E-state index contributed by atoms with van der Waals surface area (Å²) in [7, 11) is 1.20. The molecule has 0 aromatic rings. The van der Waals surface area contributed by atoms with Gasteiger partial charge in [0.1, 0.15) is 0 Å². The van der Waals surface area contributed by atoms with Crippen molar-refractivity contribution in [3.8, 4) is 0 Å². The topological polar surface area (TPSA) is 63.6 Å². The number of ether oxygens (including phenoxy) is 1. The number of rotatable bonds is 4. The number of hydrogen-bond acceptors (Lipinski definition) is 4. The summed E-state index contributed by atoms with van der Waals surface area (Å²) in [6, 6.07) is 0. The maximum absolute atomic E-state index is 11.4. The molecule has 0 bridgehead atoms. The molecule has 0 saturated heterocycles. The van der Waals surface area contributed by atoms with Gasteiger partial charge in [-0.05, 0) is 6.92 Å². The van der Waals surface area contributed by atoms with Crippen molar-refractivity contribution in [3.63, 3.8) is 0 Å². The van der Waals surface area contributed by atoms with Crippen LogP contribution >= 0.6 is 11.8 Å². The van der Waals surface area contributed by atoms with Gasteiger partial charge in [-0.2, -0.15) is 11.8 Å². The highest BCUT2D eigenvalue weighted by molar-refractivity contribution is 8.00. The molecule has 0 aliphatic carbocycles. The van der Waals surface area contributed by atoms with Crippen molar-refractivity contribution >= 4 is 23.7 Å². The van der Waals surface area contributed by atoms with E-state index in [0.29, 0.717) is 0 Å². The molecule has 0 fully saturated rings. The molecule has 0 aromatic heterocycles. The monoisotopic (exact) mass is 234 g/mol. The van der Waals surface area contributed by atoms with Crippen molar-refractivity contribution in [2.24, 2.45) is 5.41 Å². The molecule has 5 heteroatoms. The molecule has 0 amide bonds.